The van der Waals surface area contributed by atoms with Gasteiger partial charge in [0.1, 0.15) is 18.9 Å². The van der Waals surface area contributed by atoms with Crippen LogP contribution in [-0.4, -0.2) is 45.2 Å². The lowest BCUT2D eigenvalue weighted by Gasteiger charge is -2.33. The standard InChI is InChI=1S/C11H12N4O3/c1-2-8-10(17)14-9(16)5-15(8)11(18)7-3-12-6-13-4-7/h3-4,6,8H,2,5H2,1H3,(H,14,16,17). The van der Waals surface area contributed by atoms with Gasteiger partial charge in [0.15, 0.2) is 0 Å². The number of nitrogens with zero attached hydrogens (tertiary/aromatic N) is 3. The Kier molecular flexibility index (Phi) is 3.31. The summed E-state index contributed by atoms with van der Waals surface area (Å²) in [5.74, 6) is -1.33. The lowest BCUT2D eigenvalue weighted by atomic mass is 10.1. The van der Waals surface area contributed by atoms with Gasteiger partial charge in [-0.05, 0) is 6.42 Å². The summed E-state index contributed by atoms with van der Waals surface area (Å²) in [4.78, 5) is 43.9. The number of amides is 3. The van der Waals surface area contributed by atoms with Gasteiger partial charge in [0.2, 0.25) is 11.8 Å². The molecule has 0 spiro atoms. The molecule has 2 heterocycles. The van der Waals surface area contributed by atoms with Crippen molar-refractivity contribution in [3.05, 3.63) is 24.3 Å². The third-order valence-corrected chi connectivity index (χ3v) is 2.71. The van der Waals surface area contributed by atoms with Crippen LogP contribution in [0.2, 0.25) is 0 Å². The summed E-state index contributed by atoms with van der Waals surface area (Å²) in [6.45, 7) is 1.65. The van der Waals surface area contributed by atoms with Gasteiger partial charge in [-0.15, -0.1) is 0 Å². The topological polar surface area (TPSA) is 92.3 Å². The molecular weight excluding hydrogens is 236 g/mol. The van der Waals surface area contributed by atoms with Crippen molar-refractivity contribution in [3.8, 4) is 0 Å². The van der Waals surface area contributed by atoms with Gasteiger partial charge in [-0.1, -0.05) is 6.92 Å². The number of imide groups is 1. The molecule has 0 radical (unpaired) electrons. The second kappa shape index (κ2) is 4.91. The van der Waals surface area contributed by atoms with Gasteiger partial charge in [0.05, 0.1) is 5.56 Å². The smallest absolute Gasteiger partial charge is 0.258 e. The molecule has 1 aliphatic heterocycles. The monoisotopic (exact) mass is 248 g/mol. The number of hydrogen-bond acceptors (Lipinski definition) is 5. The minimum atomic E-state index is -0.629. The minimum absolute atomic E-state index is 0.127. The number of carbonyl (C=O) groups excluding carboxylic acids is 3. The fourth-order valence-electron chi connectivity index (χ4n) is 1.86. The Morgan fingerprint density at radius 2 is 2.11 bits per heavy atom. The molecule has 3 amide bonds. The molecule has 0 saturated carbocycles. The van der Waals surface area contributed by atoms with E-state index in [0.717, 1.165) is 0 Å². The van der Waals surface area contributed by atoms with E-state index in [4.69, 9.17) is 0 Å². The van der Waals surface area contributed by atoms with Gasteiger partial charge >= 0.3 is 0 Å². The summed E-state index contributed by atoms with van der Waals surface area (Å²) in [5, 5.41) is 2.21. The normalized spacial score (nSPS) is 19.6. The van der Waals surface area contributed by atoms with E-state index in [9.17, 15) is 14.4 Å². The zero-order valence-corrected chi connectivity index (χ0v) is 9.79. The van der Waals surface area contributed by atoms with E-state index in [2.05, 4.69) is 15.3 Å². The first-order valence-electron chi connectivity index (χ1n) is 5.53. The van der Waals surface area contributed by atoms with Gasteiger partial charge in [0, 0.05) is 12.4 Å². The van der Waals surface area contributed by atoms with Crippen molar-refractivity contribution < 1.29 is 14.4 Å². The van der Waals surface area contributed by atoms with Crippen LogP contribution in [0.3, 0.4) is 0 Å². The van der Waals surface area contributed by atoms with Crippen LogP contribution < -0.4 is 5.32 Å². The SMILES string of the molecule is CCC1C(=O)NC(=O)CN1C(=O)c1cncnc1. The van der Waals surface area contributed by atoms with Crippen molar-refractivity contribution in [2.75, 3.05) is 6.54 Å². The van der Waals surface area contributed by atoms with Gasteiger partial charge in [0.25, 0.3) is 5.91 Å². The highest BCUT2D eigenvalue weighted by molar-refractivity contribution is 6.07. The fraction of sp³-hybridized carbons (Fsp3) is 0.364. The Bertz CT molecular complexity index is 488. The Labute approximate surface area is 103 Å². The first-order chi connectivity index (χ1) is 8.63. The number of hydrogen-bond donors (Lipinski definition) is 1. The second-order valence-electron chi connectivity index (χ2n) is 3.90. The van der Waals surface area contributed by atoms with Crippen LogP contribution in [0.5, 0.6) is 0 Å². The zero-order valence-electron chi connectivity index (χ0n) is 9.79. The van der Waals surface area contributed by atoms with Crippen LogP contribution in [-0.2, 0) is 9.59 Å². The molecule has 1 fully saturated rings. The van der Waals surface area contributed by atoms with Crippen molar-refractivity contribution in [3.63, 3.8) is 0 Å². The summed E-state index contributed by atoms with van der Waals surface area (Å²) >= 11 is 0. The van der Waals surface area contributed by atoms with Crippen LogP contribution in [0, 0.1) is 0 Å². The highest BCUT2D eigenvalue weighted by atomic mass is 16.2. The average Bonchev–Trinajstić information content (AvgIpc) is 2.38. The van der Waals surface area contributed by atoms with Gasteiger partial charge in [-0.3, -0.25) is 19.7 Å². The first-order valence-corrected chi connectivity index (χ1v) is 5.53. The molecule has 1 aromatic heterocycles. The van der Waals surface area contributed by atoms with Gasteiger partial charge in [-0.25, -0.2) is 9.97 Å². The fourth-order valence-corrected chi connectivity index (χ4v) is 1.86. The van der Waals surface area contributed by atoms with Crippen molar-refractivity contribution in [2.24, 2.45) is 0 Å². The molecule has 0 bridgehead atoms. The molecule has 94 valence electrons. The van der Waals surface area contributed by atoms with Crippen molar-refractivity contribution in [2.45, 2.75) is 19.4 Å². The van der Waals surface area contributed by atoms with Gasteiger partial charge < -0.3 is 4.90 Å². The van der Waals surface area contributed by atoms with Gasteiger partial charge in [-0.2, -0.15) is 0 Å². The number of aromatic nitrogens is 2. The average molecular weight is 248 g/mol. The Hall–Kier alpha value is -2.31. The largest absolute Gasteiger partial charge is 0.317 e. The molecule has 18 heavy (non-hydrogen) atoms. The molecule has 7 heteroatoms. The predicted molar refractivity (Wildman–Crippen MR) is 60.3 cm³/mol. The molecule has 1 unspecified atom stereocenters. The molecule has 1 aromatic rings. The maximum absolute atomic E-state index is 12.2. The highest BCUT2D eigenvalue weighted by Gasteiger charge is 2.35. The van der Waals surface area contributed by atoms with Crippen LogP contribution in [0.4, 0.5) is 0 Å². The minimum Gasteiger partial charge on any atom is -0.317 e. The lowest BCUT2D eigenvalue weighted by Crippen LogP contribution is -2.59. The number of piperazine rings is 1. The van der Waals surface area contributed by atoms with Crippen molar-refractivity contribution in [1.29, 1.82) is 0 Å². The lowest BCUT2D eigenvalue weighted by molar-refractivity contribution is -0.138. The summed E-state index contributed by atoms with van der Waals surface area (Å²) in [6, 6.07) is -0.629. The molecule has 1 aliphatic rings. The molecule has 0 aromatic carbocycles. The maximum atomic E-state index is 12.2. The van der Waals surface area contributed by atoms with Crippen LogP contribution in [0.1, 0.15) is 23.7 Å². The van der Waals surface area contributed by atoms with Crippen molar-refractivity contribution >= 4 is 17.7 Å². The molecule has 0 aliphatic carbocycles. The highest BCUT2D eigenvalue weighted by Crippen LogP contribution is 2.13. The Morgan fingerprint density at radius 3 is 2.72 bits per heavy atom. The maximum Gasteiger partial charge on any atom is 0.258 e. The molecule has 7 nitrogen and oxygen atoms in total. The van der Waals surface area contributed by atoms with E-state index < -0.39 is 23.8 Å². The summed E-state index contributed by atoms with van der Waals surface area (Å²) in [6.07, 6.45) is 4.47. The molecule has 2 rings (SSSR count). The third kappa shape index (κ3) is 2.20. The molecule has 1 saturated heterocycles. The number of nitrogens with one attached hydrogen (secondary N) is 1. The van der Waals surface area contributed by atoms with Crippen LogP contribution in [0.15, 0.2) is 18.7 Å². The number of carbonyl (C=O) groups is 3. The van der Waals surface area contributed by atoms with Crippen LogP contribution >= 0.6 is 0 Å². The summed E-state index contributed by atoms with van der Waals surface area (Å²) in [7, 11) is 0. The number of rotatable bonds is 2. The first kappa shape index (κ1) is 12.2. The molecule has 1 atom stereocenters. The van der Waals surface area contributed by atoms with E-state index in [-0.39, 0.29) is 12.1 Å². The van der Waals surface area contributed by atoms with E-state index in [0.29, 0.717) is 6.42 Å². The Balaban J connectivity index is 2.27. The molecular formula is C11H12N4O3. The van der Waals surface area contributed by atoms with Crippen LogP contribution in [0.25, 0.3) is 0 Å². The van der Waals surface area contributed by atoms with E-state index in [1.54, 1.807) is 6.92 Å². The van der Waals surface area contributed by atoms with E-state index in [1.807, 2.05) is 0 Å². The third-order valence-electron chi connectivity index (χ3n) is 2.71. The quantitative estimate of drug-likeness (QED) is 0.702. The van der Waals surface area contributed by atoms with E-state index in [1.165, 1.54) is 23.6 Å². The summed E-state index contributed by atoms with van der Waals surface area (Å²) < 4.78 is 0. The zero-order chi connectivity index (χ0) is 13.1. The van der Waals surface area contributed by atoms with Crippen molar-refractivity contribution in [1.82, 2.24) is 20.2 Å². The summed E-state index contributed by atoms with van der Waals surface area (Å²) in [5.41, 5.74) is 0.262. The van der Waals surface area contributed by atoms with E-state index >= 15 is 0 Å². The Morgan fingerprint density at radius 1 is 1.44 bits per heavy atom. The molecule has 1 N–H and O–H groups in total. The predicted octanol–water partition coefficient (Wildman–Crippen LogP) is -0.646. The second-order valence-corrected chi connectivity index (χ2v) is 3.90.